The van der Waals surface area contributed by atoms with E-state index in [2.05, 4.69) is 27.5 Å². The lowest BCUT2D eigenvalue weighted by Gasteiger charge is -2.12. The third-order valence-corrected chi connectivity index (χ3v) is 3.27. The first-order chi connectivity index (χ1) is 9.76. The number of amides is 1. The van der Waals surface area contributed by atoms with Gasteiger partial charge in [0.15, 0.2) is 5.96 Å². The van der Waals surface area contributed by atoms with Gasteiger partial charge >= 0.3 is 0 Å². The van der Waals surface area contributed by atoms with E-state index in [-0.39, 0.29) is 35.8 Å². The maximum Gasteiger partial charge on any atom is 0.232 e. The normalized spacial score (nSPS) is 16.5. The van der Waals surface area contributed by atoms with E-state index >= 15 is 0 Å². The number of hydrogen-bond donors (Lipinski definition) is 3. The molecule has 1 aromatic carbocycles. The SMILES string of the molecule is C=CCNC(=NC)NCCC1C(=O)Nc2ccccc21.I. The van der Waals surface area contributed by atoms with E-state index in [1.54, 1.807) is 13.1 Å². The molecule has 0 bridgehead atoms. The topological polar surface area (TPSA) is 65.5 Å². The van der Waals surface area contributed by atoms with Crippen LogP contribution in [0.5, 0.6) is 0 Å². The molecule has 114 valence electrons. The Hall–Kier alpha value is -1.57. The third kappa shape index (κ3) is 4.45. The molecule has 1 unspecified atom stereocenters. The average Bonchev–Trinajstić information content (AvgIpc) is 2.78. The number of guanidine groups is 1. The van der Waals surface area contributed by atoms with Crippen LogP contribution in [-0.4, -0.2) is 32.0 Å². The molecule has 0 radical (unpaired) electrons. The van der Waals surface area contributed by atoms with Crippen LogP contribution in [-0.2, 0) is 4.79 Å². The van der Waals surface area contributed by atoms with Gasteiger partial charge in [-0.1, -0.05) is 24.3 Å². The molecule has 5 nitrogen and oxygen atoms in total. The number of hydrogen-bond acceptors (Lipinski definition) is 2. The first kappa shape index (κ1) is 17.5. The van der Waals surface area contributed by atoms with Gasteiger partial charge in [0, 0.05) is 25.8 Å². The van der Waals surface area contributed by atoms with Crippen molar-refractivity contribution in [3.8, 4) is 0 Å². The summed E-state index contributed by atoms with van der Waals surface area (Å²) in [6.07, 6.45) is 2.51. The van der Waals surface area contributed by atoms with Gasteiger partial charge in [0.25, 0.3) is 0 Å². The van der Waals surface area contributed by atoms with E-state index in [0.29, 0.717) is 13.1 Å². The number of carbonyl (C=O) groups excluding carboxylic acids is 1. The zero-order valence-electron chi connectivity index (χ0n) is 12.1. The predicted octanol–water partition coefficient (Wildman–Crippen LogP) is 2.08. The fourth-order valence-electron chi connectivity index (χ4n) is 2.29. The Labute approximate surface area is 142 Å². The standard InChI is InChI=1S/C15H20N4O.HI/c1-3-9-17-15(16-2)18-10-8-12-11-6-4-5-7-13(11)19-14(12)20;/h3-7,12H,1,8-10H2,2H3,(H,19,20)(H2,16,17,18);1H. The Morgan fingerprint density at radius 2 is 2.19 bits per heavy atom. The lowest BCUT2D eigenvalue weighted by molar-refractivity contribution is -0.117. The molecule has 3 N–H and O–H groups in total. The number of aliphatic imine (C=N–C) groups is 1. The number of fused-ring (bicyclic) bond motifs is 1. The summed E-state index contributed by atoms with van der Waals surface area (Å²) in [7, 11) is 1.72. The summed E-state index contributed by atoms with van der Waals surface area (Å²) < 4.78 is 0. The molecule has 1 aromatic rings. The van der Waals surface area contributed by atoms with Crippen molar-refractivity contribution in [2.45, 2.75) is 12.3 Å². The minimum Gasteiger partial charge on any atom is -0.356 e. The van der Waals surface area contributed by atoms with Crippen LogP contribution in [0.2, 0.25) is 0 Å². The Kier molecular flexibility index (Phi) is 7.21. The molecule has 2 rings (SSSR count). The molecule has 1 heterocycles. The number of anilines is 1. The Morgan fingerprint density at radius 3 is 2.90 bits per heavy atom. The fraction of sp³-hybridized carbons (Fsp3) is 0.333. The van der Waals surface area contributed by atoms with Crippen LogP contribution in [0.25, 0.3) is 0 Å². The van der Waals surface area contributed by atoms with Crippen LogP contribution in [0.15, 0.2) is 41.9 Å². The van der Waals surface area contributed by atoms with E-state index < -0.39 is 0 Å². The number of benzene rings is 1. The van der Waals surface area contributed by atoms with Gasteiger partial charge in [-0.3, -0.25) is 9.79 Å². The number of carbonyl (C=O) groups is 1. The maximum atomic E-state index is 12.0. The quantitative estimate of drug-likeness (QED) is 0.307. The zero-order valence-corrected chi connectivity index (χ0v) is 14.4. The highest BCUT2D eigenvalue weighted by Gasteiger charge is 2.29. The van der Waals surface area contributed by atoms with Gasteiger partial charge in [0.2, 0.25) is 5.91 Å². The minimum absolute atomic E-state index is 0. The van der Waals surface area contributed by atoms with Crippen molar-refractivity contribution in [3.63, 3.8) is 0 Å². The first-order valence-corrected chi connectivity index (χ1v) is 6.71. The molecule has 6 heteroatoms. The van der Waals surface area contributed by atoms with Gasteiger partial charge in [-0.05, 0) is 18.1 Å². The molecule has 1 aliphatic rings. The van der Waals surface area contributed by atoms with Gasteiger partial charge in [-0.15, -0.1) is 30.6 Å². The van der Waals surface area contributed by atoms with Crippen LogP contribution in [0, 0.1) is 0 Å². The summed E-state index contributed by atoms with van der Waals surface area (Å²) in [6, 6.07) is 7.83. The van der Waals surface area contributed by atoms with Crippen molar-refractivity contribution in [2.24, 2.45) is 4.99 Å². The Bertz CT molecular complexity index is 530. The lowest BCUT2D eigenvalue weighted by Crippen LogP contribution is -2.38. The van der Waals surface area contributed by atoms with Crippen LogP contribution < -0.4 is 16.0 Å². The minimum atomic E-state index is -0.0868. The molecule has 21 heavy (non-hydrogen) atoms. The molecule has 0 spiro atoms. The Balaban J connectivity index is 0.00000220. The first-order valence-electron chi connectivity index (χ1n) is 6.71. The van der Waals surface area contributed by atoms with Crippen molar-refractivity contribution < 1.29 is 4.79 Å². The maximum absolute atomic E-state index is 12.0. The smallest absolute Gasteiger partial charge is 0.232 e. The van der Waals surface area contributed by atoms with E-state index in [1.165, 1.54) is 0 Å². The zero-order chi connectivity index (χ0) is 14.4. The fourth-order valence-corrected chi connectivity index (χ4v) is 2.29. The molecule has 0 saturated carbocycles. The van der Waals surface area contributed by atoms with Crippen LogP contribution in [0.4, 0.5) is 5.69 Å². The lowest BCUT2D eigenvalue weighted by atomic mass is 9.97. The number of halogens is 1. The van der Waals surface area contributed by atoms with Gasteiger partial charge in [-0.2, -0.15) is 0 Å². The number of para-hydroxylation sites is 1. The molecule has 0 saturated heterocycles. The van der Waals surface area contributed by atoms with Crippen molar-refractivity contribution >= 4 is 41.5 Å². The Morgan fingerprint density at radius 1 is 1.43 bits per heavy atom. The van der Waals surface area contributed by atoms with E-state index in [1.807, 2.05) is 24.3 Å². The summed E-state index contributed by atoms with van der Waals surface area (Å²) in [5.74, 6) is 0.704. The molecule has 1 amide bonds. The highest BCUT2D eigenvalue weighted by molar-refractivity contribution is 14.0. The molecule has 0 aromatic heterocycles. The summed E-state index contributed by atoms with van der Waals surface area (Å²) >= 11 is 0. The average molecular weight is 400 g/mol. The monoisotopic (exact) mass is 400 g/mol. The molecule has 0 fully saturated rings. The second-order valence-corrected chi connectivity index (χ2v) is 4.59. The molecular weight excluding hydrogens is 379 g/mol. The van der Waals surface area contributed by atoms with Crippen molar-refractivity contribution in [1.82, 2.24) is 10.6 Å². The van der Waals surface area contributed by atoms with Gasteiger partial charge in [0.1, 0.15) is 0 Å². The second kappa shape index (κ2) is 8.66. The summed E-state index contributed by atoms with van der Waals surface area (Å²) in [4.78, 5) is 16.0. The van der Waals surface area contributed by atoms with E-state index in [4.69, 9.17) is 0 Å². The largest absolute Gasteiger partial charge is 0.356 e. The highest BCUT2D eigenvalue weighted by atomic mass is 127. The van der Waals surface area contributed by atoms with Crippen LogP contribution in [0.3, 0.4) is 0 Å². The molecule has 1 atom stereocenters. The predicted molar refractivity (Wildman–Crippen MR) is 97.4 cm³/mol. The summed E-state index contributed by atoms with van der Waals surface area (Å²) in [5.41, 5.74) is 2.00. The van der Waals surface area contributed by atoms with Crippen molar-refractivity contribution in [2.75, 3.05) is 25.5 Å². The van der Waals surface area contributed by atoms with Crippen molar-refractivity contribution in [3.05, 3.63) is 42.5 Å². The third-order valence-electron chi connectivity index (χ3n) is 3.27. The summed E-state index contributed by atoms with van der Waals surface area (Å²) in [6.45, 7) is 4.99. The highest BCUT2D eigenvalue weighted by Crippen LogP contribution is 2.33. The van der Waals surface area contributed by atoms with Crippen LogP contribution in [0.1, 0.15) is 17.9 Å². The van der Waals surface area contributed by atoms with Gasteiger partial charge in [-0.25, -0.2) is 0 Å². The number of rotatable bonds is 5. The number of nitrogens with zero attached hydrogens (tertiary/aromatic N) is 1. The van der Waals surface area contributed by atoms with Crippen LogP contribution >= 0.6 is 24.0 Å². The number of nitrogens with one attached hydrogen (secondary N) is 3. The molecular formula is C15H21IN4O. The summed E-state index contributed by atoms with van der Waals surface area (Å²) in [5, 5.41) is 9.20. The second-order valence-electron chi connectivity index (χ2n) is 4.59. The molecule has 0 aliphatic carbocycles. The van der Waals surface area contributed by atoms with Crippen molar-refractivity contribution in [1.29, 1.82) is 0 Å². The van der Waals surface area contributed by atoms with E-state index in [9.17, 15) is 4.79 Å². The van der Waals surface area contributed by atoms with Gasteiger partial charge in [0.05, 0.1) is 5.92 Å². The van der Waals surface area contributed by atoms with E-state index in [0.717, 1.165) is 23.6 Å². The molecule has 1 aliphatic heterocycles. The van der Waals surface area contributed by atoms with Gasteiger partial charge < -0.3 is 16.0 Å².